The van der Waals surface area contributed by atoms with Crippen molar-refractivity contribution in [3.63, 3.8) is 0 Å². The van der Waals surface area contributed by atoms with E-state index in [9.17, 15) is 4.79 Å². The summed E-state index contributed by atoms with van der Waals surface area (Å²) in [5, 5.41) is 8.22. The molecule has 2 aliphatic carbocycles. The summed E-state index contributed by atoms with van der Waals surface area (Å²) in [6, 6.07) is 7.25. The van der Waals surface area contributed by atoms with Gasteiger partial charge in [-0.05, 0) is 36.5 Å². The molecule has 0 spiro atoms. The molecule has 0 atom stereocenters. The van der Waals surface area contributed by atoms with E-state index < -0.39 is 0 Å². The van der Waals surface area contributed by atoms with Crippen LogP contribution < -0.4 is 0 Å². The minimum Gasteiger partial charge on any atom is -0.462 e. The molecule has 3 rings (SSSR count). The van der Waals surface area contributed by atoms with E-state index in [0.29, 0.717) is 18.1 Å². The summed E-state index contributed by atoms with van der Waals surface area (Å²) >= 11 is 0. The Balaban J connectivity index is 0.000000701. The predicted molar refractivity (Wildman–Crippen MR) is 125 cm³/mol. The second-order valence-electron chi connectivity index (χ2n) is 9.45. The summed E-state index contributed by atoms with van der Waals surface area (Å²) in [6.45, 7) is 1.43. The molecule has 2 fully saturated rings. The van der Waals surface area contributed by atoms with Crippen LogP contribution in [0.5, 0.6) is 0 Å². The van der Waals surface area contributed by atoms with Gasteiger partial charge in [0.1, 0.15) is 0 Å². The van der Waals surface area contributed by atoms with E-state index in [4.69, 9.17) is 4.74 Å². The molecule has 5 nitrogen and oxygen atoms in total. The molecule has 0 aromatic heterocycles. The molecule has 174 valence electrons. The van der Waals surface area contributed by atoms with Crippen molar-refractivity contribution in [1.82, 2.24) is 0 Å². The first-order valence-corrected chi connectivity index (χ1v) is 11.6. The fourth-order valence-corrected chi connectivity index (χ4v) is 3.72. The van der Waals surface area contributed by atoms with Crippen LogP contribution >= 0.6 is 0 Å². The number of hydrogen-bond donors (Lipinski definition) is 0. The van der Waals surface area contributed by atoms with Gasteiger partial charge in [0, 0.05) is 29.7 Å². The van der Waals surface area contributed by atoms with Crippen molar-refractivity contribution in [2.45, 2.75) is 64.2 Å². The summed E-state index contributed by atoms with van der Waals surface area (Å²) in [4.78, 5) is 12.0. The predicted octanol–water partition coefficient (Wildman–Crippen LogP) is 5.48. The molecule has 6 heteroatoms. The number of carbonyl (C=O) groups excluding carboxylic acids is 1. The number of ether oxygens (including phenoxy) is 1. The van der Waals surface area contributed by atoms with Gasteiger partial charge in [-0.15, -0.1) is 0 Å². The van der Waals surface area contributed by atoms with Crippen LogP contribution in [0.2, 0.25) is 0 Å². The van der Waals surface area contributed by atoms with E-state index in [2.05, 4.69) is 31.3 Å². The van der Waals surface area contributed by atoms with Gasteiger partial charge in [-0.2, -0.15) is 10.2 Å². The average molecular weight is 470 g/mol. The Morgan fingerprint density at radius 3 is 2.10 bits per heavy atom. The molecule has 0 saturated heterocycles. The summed E-state index contributed by atoms with van der Waals surface area (Å²) < 4.78 is 6.18. The van der Waals surface area contributed by atoms with Crippen molar-refractivity contribution in [2.75, 3.05) is 34.3 Å². The molecule has 2 saturated carbocycles. The van der Waals surface area contributed by atoms with Crippen molar-refractivity contribution in [3.05, 3.63) is 35.4 Å². The third-order valence-electron chi connectivity index (χ3n) is 5.55. The molecule has 0 N–H and O–H groups in total. The number of quaternary nitrogens is 1. The Labute approximate surface area is 199 Å². The van der Waals surface area contributed by atoms with Gasteiger partial charge in [0.05, 0.1) is 46.1 Å². The number of rotatable bonds is 8. The topological polar surface area (TPSA) is 51.0 Å². The van der Waals surface area contributed by atoms with Crippen LogP contribution in [-0.4, -0.2) is 57.2 Å². The monoisotopic (exact) mass is 470 g/mol. The maximum Gasteiger partial charge on any atom is 0.338 e. The van der Waals surface area contributed by atoms with Gasteiger partial charge in [-0.25, -0.2) is 4.79 Å². The minimum absolute atomic E-state index is 0. The van der Waals surface area contributed by atoms with E-state index in [-0.39, 0.29) is 23.0 Å². The Kier molecular flexibility index (Phi) is 13.6. The molecule has 0 amide bonds. The Hall–Kier alpha value is -1.49. The summed E-state index contributed by atoms with van der Waals surface area (Å²) in [5.41, 5.74) is 1.49. The Bertz CT molecular complexity index is 663. The van der Waals surface area contributed by atoms with Gasteiger partial charge in [-0.3, -0.25) is 0 Å². The van der Waals surface area contributed by atoms with Crippen molar-refractivity contribution >= 4 is 18.4 Å². The van der Waals surface area contributed by atoms with Crippen molar-refractivity contribution in [3.8, 4) is 0 Å². The third-order valence-corrected chi connectivity index (χ3v) is 5.55. The number of esters is 1. The van der Waals surface area contributed by atoms with E-state index in [1.54, 1.807) is 18.3 Å². The van der Waals surface area contributed by atoms with E-state index >= 15 is 0 Å². The first kappa shape index (κ1) is 27.5. The average Bonchev–Trinajstić information content (AvgIpc) is 3.45. The number of nitrogens with zero attached hydrogens (tertiary/aromatic N) is 3. The Morgan fingerprint density at radius 2 is 1.55 bits per heavy atom. The maximum atomic E-state index is 12.0. The molecule has 1 aromatic rings. The van der Waals surface area contributed by atoms with Crippen molar-refractivity contribution < 1.29 is 31.1 Å². The summed E-state index contributed by atoms with van der Waals surface area (Å²) in [5.74, 6) is 0.315. The van der Waals surface area contributed by atoms with E-state index in [1.807, 2.05) is 18.3 Å². The van der Waals surface area contributed by atoms with Crippen LogP contribution in [0.4, 0.5) is 0 Å². The van der Waals surface area contributed by atoms with Crippen LogP contribution in [0.15, 0.2) is 34.5 Å². The largest absolute Gasteiger partial charge is 0.462 e. The standard InChI is InChI=1S/C20H30N3O2.C5H10.Fe/c1-23(2,3)13-6-14-25-20(24)19-11-9-18(10-12-19)16-22-21-15-17-7-4-5-8-17;1-2-4-5-3-1;/h9-12,15-17H,4-8,13-14H2,1-3H3;1-5H2;/q+1;;/b21-15+,22-16+;;. The van der Waals surface area contributed by atoms with E-state index in [0.717, 1.165) is 23.0 Å². The molecule has 0 heterocycles. The van der Waals surface area contributed by atoms with Gasteiger partial charge >= 0.3 is 5.97 Å². The molecular formula is C25H40FeN3O2+. The second kappa shape index (κ2) is 15.3. The molecular weight excluding hydrogens is 430 g/mol. The summed E-state index contributed by atoms with van der Waals surface area (Å²) in [7, 11) is 6.37. The van der Waals surface area contributed by atoms with Gasteiger partial charge in [-0.1, -0.05) is 57.1 Å². The zero-order valence-electron chi connectivity index (χ0n) is 19.5. The van der Waals surface area contributed by atoms with Crippen molar-refractivity contribution in [1.29, 1.82) is 0 Å². The fourth-order valence-electron chi connectivity index (χ4n) is 3.72. The number of carbonyl (C=O) groups is 1. The van der Waals surface area contributed by atoms with Crippen LogP contribution in [-0.2, 0) is 21.8 Å². The molecule has 31 heavy (non-hydrogen) atoms. The van der Waals surface area contributed by atoms with Gasteiger partial charge in [0.25, 0.3) is 0 Å². The smallest absolute Gasteiger partial charge is 0.338 e. The number of benzene rings is 1. The molecule has 0 bridgehead atoms. The molecule has 1 aromatic carbocycles. The zero-order chi connectivity index (χ0) is 21.7. The fraction of sp³-hybridized carbons (Fsp3) is 0.640. The minimum atomic E-state index is -0.274. The van der Waals surface area contributed by atoms with E-state index in [1.165, 1.54) is 57.8 Å². The zero-order valence-corrected chi connectivity index (χ0v) is 20.6. The number of hydrogen-bond acceptors (Lipinski definition) is 4. The van der Waals surface area contributed by atoms with Crippen LogP contribution in [0, 0.1) is 5.92 Å². The van der Waals surface area contributed by atoms with Gasteiger partial charge in [0.15, 0.2) is 0 Å². The maximum absolute atomic E-state index is 12.0. The van der Waals surface area contributed by atoms with Crippen LogP contribution in [0.3, 0.4) is 0 Å². The molecule has 2 aliphatic rings. The quantitative estimate of drug-likeness (QED) is 0.126. The molecule has 0 unspecified atom stereocenters. The van der Waals surface area contributed by atoms with Crippen LogP contribution in [0.25, 0.3) is 0 Å². The first-order chi connectivity index (χ1) is 14.4. The molecule has 0 aliphatic heterocycles. The summed E-state index contributed by atoms with van der Waals surface area (Å²) in [6.07, 6.45) is 17.1. The van der Waals surface area contributed by atoms with Crippen LogP contribution in [0.1, 0.15) is 80.1 Å². The first-order valence-electron chi connectivity index (χ1n) is 11.6. The van der Waals surface area contributed by atoms with Crippen molar-refractivity contribution in [2.24, 2.45) is 16.1 Å². The Morgan fingerprint density at radius 1 is 0.968 bits per heavy atom. The SMILES string of the molecule is C1CCCC1.C[N+](C)(C)CCCOC(=O)c1ccc(/C=N/N=C/C2CCCC2)cc1.[Fe]. The second-order valence-corrected chi connectivity index (χ2v) is 9.45. The normalized spacial score (nSPS) is 16.9. The molecule has 0 radical (unpaired) electrons. The van der Waals surface area contributed by atoms with Gasteiger partial charge < -0.3 is 9.22 Å². The third kappa shape index (κ3) is 12.8. The van der Waals surface area contributed by atoms with Gasteiger partial charge in [0.2, 0.25) is 0 Å².